The molecule has 2 heterocycles. The number of aromatic nitrogens is 2. The highest BCUT2D eigenvalue weighted by Gasteiger charge is 2.18. The zero-order chi connectivity index (χ0) is 21.1. The van der Waals surface area contributed by atoms with Crippen LogP contribution < -0.4 is 10.3 Å². The SMILES string of the molecule is CN(Cc1nc2ccsc2c(=O)[nH]1)C(=O)c1ccccc1OCc1cccc(Br)c1. The Kier molecular flexibility index (Phi) is 5.96. The van der Waals surface area contributed by atoms with E-state index >= 15 is 0 Å². The Hall–Kier alpha value is -2.97. The summed E-state index contributed by atoms with van der Waals surface area (Å²) in [7, 11) is 1.67. The van der Waals surface area contributed by atoms with Gasteiger partial charge in [-0.15, -0.1) is 11.3 Å². The molecule has 0 aliphatic heterocycles. The van der Waals surface area contributed by atoms with Gasteiger partial charge >= 0.3 is 0 Å². The Morgan fingerprint density at radius 1 is 1.20 bits per heavy atom. The van der Waals surface area contributed by atoms with Crippen molar-refractivity contribution in [1.82, 2.24) is 14.9 Å². The molecule has 0 saturated heterocycles. The summed E-state index contributed by atoms with van der Waals surface area (Å²) in [5.41, 5.74) is 1.89. The van der Waals surface area contributed by atoms with Gasteiger partial charge < -0.3 is 14.6 Å². The lowest BCUT2D eigenvalue weighted by atomic mass is 10.1. The lowest BCUT2D eigenvalue weighted by Crippen LogP contribution is -2.28. The first kappa shape index (κ1) is 20.3. The van der Waals surface area contributed by atoms with E-state index in [-0.39, 0.29) is 18.0 Å². The van der Waals surface area contributed by atoms with Crippen molar-refractivity contribution < 1.29 is 9.53 Å². The smallest absolute Gasteiger partial charge is 0.268 e. The summed E-state index contributed by atoms with van der Waals surface area (Å²) >= 11 is 4.79. The second-order valence-corrected chi connectivity index (χ2v) is 8.56. The minimum atomic E-state index is -0.215. The molecule has 152 valence electrons. The number of thiophene rings is 1. The van der Waals surface area contributed by atoms with E-state index in [0.717, 1.165) is 10.0 Å². The van der Waals surface area contributed by atoms with Crippen LogP contribution in [0.2, 0.25) is 0 Å². The first-order chi connectivity index (χ1) is 14.5. The molecule has 2 aromatic carbocycles. The van der Waals surface area contributed by atoms with Crippen LogP contribution in [0.1, 0.15) is 21.7 Å². The number of carbonyl (C=O) groups is 1. The van der Waals surface area contributed by atoms with Gasteiger partial charge in [0, 0.05) is 11.5 Å². The zero-order valence-corrected chi connectivity index (χ0v) is 18.5. The van der Waals surface area contributed by atoms with Gasteiger partial charge in [-0.2, -0.15) is 0 Å². The van der Waals surface area contributed by atoms with Gasteiger partial charge in [0.1, 0.15) is 22.9 Å². The third-order valence-corrected chi connectivity index (χ3v) is 5.89. The Balaban J connectivity index is 1.51. The maximum atomic E-state index is 13.1. The molecular weight excluding hydrogens is 466 g/mol. The van der Waals surface area contributed by atoms with E-state index in [0.29, 0.717) is 34.0 Å². The van der Waals surface area contributed by atoms with E-state index in [1.165, 1.54) is 16.2 Å². The number of carbonyl (C=O) groups excluding carboxylic acids is 1. The predicted molar refractivity (Wildman–Crippen MR) is 121 cm³/mol. The van der Waals surface area contributed by atoms with Crippen molar-refractivity contribution in [3.05, 3.63) is 91.8 Å². The van der Waals surface area contributed by atoms with Crippen molar-refractivity contribution in [3.8, 4) is 5.75 Å². The summed E-state index contributed by atoms with van der Waals surface area (Å²) in [6.45, 7) is 0.525. The van der Waals surface area contributed by atoms with Crippen molar-refractivity contribution in [2.24, 2.45) is 0 Å². The van der Waals surface area contributed by atoms with E-state index in [2.05, 4.69) is 25.9 Å². The van der Waals surface area contributed by atoms with Gasteiger partial charge in [-0.3, -0.25) is 9.59 Å². The number of hydrogen-bond acceptors (Lipinski definition) is 5. The third kappa shape index (κ3) is 4.44. The third-order valence-electron chi connectivity index (χ3n) is 4.50. The average Bonchev–Trinajstić information content (AvgIpc) is 3.21. The lowest BCUT2D eigenvalue weighted by molar-refractivity contribution is 0.0776. The van der Waals surface area contributed by atoms with Crippen LogP contribution in [0.15, 0.2) is 69.2 Å². The fourth-order valence-electron chi connectivity index (χ4n) is 3.06. The molecule has 1 N–H and O–H groups in total. The van der Waals surface area contributed by atoms with Gasteiger partial charge in [0.05, 0.1) is 17.6 Å². The molecule has 0 unspecified atom stereocenters. The standard InChI is InChI=1S/C22H18BrN3O3S/c1-26(12-19-24-17-9-10-30-20(17)21(27)25-19)22(28)16-7-2-3-8-18(16)29-13-14-5-4-6-15(23)11-14/h2-11H,12-13H2,1H3,(H,24,25,27). The van der Waals surface area contributed by atoms with Gasteiger partial charge in [0.2, 0.25) is 0 Å². The highest BCUT2D eigenvalue weighted by Crippen LogP contribution is 2.22. The van der Waals surface area contributed by atoms with Crippen molar-refractivity contribution >= 4 is 43.4 Å². The van der Waals surface area contributed by atoms with E-state index in [9.17, 15) is 9.59 Å². The van der Waals surface area contributed by atoms with Crippen LogP contribution in [0.3, 0.4) is 0 Å². The van der Waals surface area contributed by atoms with E-state index in [4.69, 9.17) is 4.74 Å². The van der Waals surface area contributed by atoms with Gasteiger partial charge in [-0.25, -0.2) is 4.98 Å². The number of nitrogens with zero attached hydrogens (tertiary/aromatic N) is 2. The summed E-state index contributed by atoms with van der Waals surface area (Å²) in [5, 5.41) is 1.82. The largest absolute Gasteiger partial charge is 0.488 e. The molecular formula is C22H18BrN3O3S. The first-order valence-electron chi connectivity index (χ1n) is 9.19. The van der Waals surface area contributed by atoms with Crippen LogP contribution in [0.25, 0.3) is 10.2 Å². The molecule has 4 aromatic rings. The van der Waals surface area contributed by atoms with Crippen molar-refractivity contribution in [1.29, 1.82) is 0 Å². The fraction of sp³-hybridized carbons (Fsp3) is 0.136. The number of halogens is 1. The zero-order valence-electron chi connectivity index (χ0n) is 16.1. The molecule has 0 bridgehead atoms. The number of rotatable bonds is 6. The first-order valence-corrected chi connectivity index (χ1v) is 10.9. The maximum absolute atomic E-state index is 13.1. The second-order valence-electron chi connectivity index (χ2n) is 6.72. The number of aromatic amines is 1. The Labute approximate surface area is 185 Å². The summed E-state index contributed by atoms with van der Waals surface area (Å²) < 4.78 is 7.48. The quantitative estimate of drug-likeness (QED) is 0.434. The Bertz CT molecular complexity index is 1270. The van der Waals surface area contributed by atoms with Crippen LogP contribution in [-0.2, 0) is 13.2 Å². The van der Waals surface area contributed by atoms with Crippen LogP contribution in [0, 0.1) is 0 Å². The van der Waals surface area contributed by atoms with Crippen LogP contribution in [-0.4, -0.2) is 27.8 Å². The molecule has 8 heteroatoms. The molecule has 30 heavy (non-hydrogen) atoms. The number of para-hydroxylation sites is 1. The normalized spacial score (nSPS) is 10.9. The monoisotopic (exact) mass is 483 g/mol. The van der Waals surface area contributed by atoms with Gasteiger partial charge in [0.25, 0.3) is 11.5 Å². The molecule has 0 aliphatic carbocycles. The number of benzene rings is 2. The molecule has 0 aliphatic rings. The molecule has 0 fully saturated rings. The number of fused-ring (bicyclic) bond motifs is 1. The second kappa shape index (κ2) is 8.81. The highest BCUT2D eigenvalue weighted by atomic mass is 79.9. The summed E-state index contributed by atoms with van der Waals surface area (Å²) in [6.07, 6.45) is 0. The fourth-order valence-corrected chi connectivity index (χ4v) is 4.23. The van der Waals surface area contributed by atoms with Crippen molar-refractivity contribution in [2.45, 2.75) is 13.2 Å². The molecule has 2 aromatic heterocycles. The minimum Gasteiger partial charge on any atom is -0.488 e. The number of nitrogens with one attached hydrogen (secondary N) is 1. The van der Waals surface area contributed by atoms with E-state index in [1.54, 1.807) is 31.3 Å². The molecule has 4 rings (SSSR count). The van der Waals surface area contributed by atoms with Crippen molar-refractivity contribution in [2.75, 3.05) is 7.05 Å². The minimum absolute atomic E-state index is 0.180. The summed E-state index contributed by atoms with van der Waals surface area (Å²) in [5.74, 6) is 0.728. The highest BCUT2D eigenvalue weighted by molar-refractivity contribution is 9.10. The summed E-state index contributed by atoms with van der Waals surface area (Å²) in [4.78, 5) is 33.9. The van der Waals surface area contributed by atoms with E-state index in [1.807, 2.05) is 35.7 Å². The van der Waals surface area contributed by atoms with Crippen LogP contribution >= 0.6 is 27.3 Å². The molecule has 0 atom stereocenters. The molecule has 1 amide bonds. The Morgan fingerprint density at radius 3 is 2.87 bits per heavy atom. The molecule has 0 spiro atoms. The number of amides is 1. The predicted octanol–water partition coefficient (Wildman–Crippen LogP) is 4.60. The molecule has 6 nitrogen and oxygen atoms in total. The lowest BCUT2D eigenvalue weighted by Gasteiger charge is -2.19. The molecule has 0 saturated carbocycles. The van der Waals surface area contributed by atoms with E-state index < -0.39 is 0 Å². The van der Waals surface area contributed by atoms with Gasteiger partial charge in [0.15, 0.2) is 0 Å². The van der Waals surface area contributed by atoms with Gasteiger partial charge in [-0.05, 0) is 41.3 Å². The molecule has 0 radical (unpaired) electrons. The summed E-state index contributed by atoms with van der Waals surface area (Å²) in [6, 6.07) is 16.7. The number of hydrogen-bond donors (Lipinski definition) is 1. The van der Waals surface area contributed by atoms with Crippen LogP contribution in [0.5, 0.6) is 5.75 Å². The van der Waals surface area contributed by atoms with Crippen molar-refractivity contribution in [3.63, 3.8) is 0 Å². The van der Waals surface area contributed by atoms with Gasteiger partial charge in [-0.1, -0.05) is 40.2 Å². The Morgan fingerprint density at radius 2 is 2.03 bits per heavy atom. The maximum Gasteiger partial charge on any atom is 0.268 e. The number of H-pyrrole nitrogens is 1. The topological polar surface area (TPSA) is 75.3 Å². The average molecular weight is 484 g/mol. The van der Waals surface area contributed by atoms with Crippen LogP contribution in [0.4, 0.5) is 0 Å². The number of ether oxygens (including phenoxy) is 1.